The van der Waals surface area contributed by atoms with Crippen molar-refractivity contribution in [1.29, 1.82) is 5.26 Å². The Hall–Kier alpha value is -3.46. The van der Waals surface area contributed by atoms with Crippen molar-refractivity contribution in [2.24, 2.45) is 0 Å². The summed E-state index contributed by atoms with van der Waals surface area (Å²) < 4.78 is 0. The van der Waals surface area contributed by atoms with E-state index in [1.807, 2.05) is 43.3 Å². The van der Waals surface area contributed by atoms with Crippen LogP contribution in [-0.2, 0) is 11.3 Å². The third-order valence-corrected chi connectivity index (χ3v) is 4.51. The largest absolute Gasteiger partial charge is 0.325 e. The van der Waals surface area contributed by atoms with Gasteiger partial charge in [0.05, 0.1) is 17.2 Å². The first kappa shape index (κ1) is 18.3. The fourth-order valence-electron chi connectivity index (χ4n) is 3.09. The van der Waals surface area contributed by atoms with Crippen LogP contribution in [-0.4, -0.2) is 40.6 Å². The van der Waals surface area contributed by atoms with Gasteiger partial charge in [0.25, 0.3) is 11.8 Å². The van der Waals surface area contributed by atoms with Gasteiger partial charge < -0.3 is 4.90 Å². The van der Waals surface area contributed by atoms with Crippen molar-refractivity contribution in [1.82, 2.24) is 9.80 Å². The molecule has 0 N–H and O–H groups in total. The molecule has 1 heterocycles. The molecule has 0 radical (unpaired) electrons. The normalized spacial score (nSPS) is 12.7. The third-order valence-electron chi connectivity index (χ3n) is 4.51. The molecule has 3 rings (SSSR count). The van der Waals surface area contributed by atoms with Gasteiger partial charge in [-0.3, -0.25) is 19.3 Å². The SMILES string of the molecule is Cc1ccc2c(c1)C(=O)N(CCC(=O)N(CC#N)Cc1ccccc1)C2=O. The minimum absolute atomic E-state index is 0.000938. The van der Waals surface area contributed by atoms with E-state index >= 15 is 0 Å². The summed E-state index contributed by atoms with van der Waals surface area (Å²) >= 11 is 0. The maximum Gasteiger partial charge on any atom is 0.261 e. The molecule has 1 aliphatic heterocycles. The van der Waals surface area contributed by atoms with Gasteiger partial charge in [0.15, 0.2) is 0 Å². The summed E-state index contributed by atoms with van der Waals surface area (Å²) in [6.07, 6.45) is -0.0149. The van der Waals surface area contributed by atoms with Gasteiger partial charge in [0, 0.05) is 19.5 Å². The second-order valence-electron chi connectivity index (χ2n) is 6.45. The fourth-order valence-corrected chi connectivity index (χ4v) is 3.09. The second-order valence-corrected chi connectivity index (χ2v) is 6.45. The van der Waals surface area contributed by atoms with Gasteiger partial charge in [-0.2, -0.15) is 5.26 Å². The predicted octanol–water partition coefficient (Wildman–Crippen LogP) is 2.53. The number of imide groups is 1. The number of carbonyl (C=O) groups excluding carboxylic acids is 3. The number of rotatable bonds is 6. The zero-order valence-electron chi connectivity index (χ0n) is 15.0. The average molecular weight is 361 g/mol. The van der Waals surface area contributed by atoms with Crippen LogP contribution in [0.15, 0.2) is 48.5 Å². The molecule has 1 aliphatic rings. The molecule has 0 bridgehead atoms. The molecular formula is C21H19N3O3. The Labute approximate surface area is 157 Å². The number of hydrogen-bond acceptors (Lipinski definition) is 4. The summed E-state index contributed by atoms with van der Waals surface area (Å²) in [5.41, 5.74) is 2.56. The number of nitriles is 1. The Kier molecular flexibility index (Phi) is 5.32. The minimum atomic E-state index is -0.377. The number of carbonyl (C=O) groups is 3. The van der Waals surface area contributed by atoms with Crippen LogP contribution in [0.2, 0.25) is 0 Å². The third kappa shape index (κ3) is 3.87. The van der Waals surface area contributed by atoms with Gasteiger partial charge >= 0.3 is 0 Å². The summed E-state index contributed by atoms with van der Waals surface area (Å²) in [7, 11) is 0. The maximum atomic E-state index is 12.6. The van der Waals surface area contributed by atoms with Gasteiger partial charge in [0.2, 0.25) is 5.91 Å². The predicted molar refractivity (Wildman–Crippen MR) is 98.6 cm³/mol. The van der Waals surface area contributed by atoms with Crippen LogP contribution in [0.5, 0.6) is 0 Å². The molecule has 0 aliphatic carbocycles. The van der Waals surface area contributed by atoms with Crippen LogP contribution in [0.1, 0.15) is 38.3 Å². The highest BCUT2D eigenvalue weighted by molar-refractivity contribution is 6.21. The molecule has 6 heteroatoms. The molecule has 2 aromatic rings. The summed E-state index contributed by atoms with van der Waals surface area (Å²) in [4.78, 5) is 40.0. The van der Waals surface area contributed by atoms with Crippen molar-refractivity contribution in [3.63, 3.8) is 0 Å². The molecular weight excluding hydrogens is 342 g/mol. The standard InChI is InChI=1S/C21H19N3O3/c1-15-7-8-17-18(13-15)21(27)24(20(17)26)11-9-19(25)23(12-10-22)14-16-5-3-2-4-6-16/h2-8,13H,9,11-12,14H2,1H3. The Bertz CT molecular complexity index is 931. The number of aryl methyl sites for hydroxylation is 1. The van der Waals surface area contributed by atoms with Gasteiger partial charge in [-0.1, -0.05) is 42.0 Å². The van der Waals surface area contributed by atoms with E-state index in [2.05, 4.69) is 0 Å². The number of benzene rings is 2. The smallest absolute Gasteiger partial charge is 0.261 e. The molecule has 2 aromatic carbocycles. The highest BCUT2D eigenvalue weighted by Crippen LogP contribution is 2.24. The van der Waals surface area contributed by atoms with Crippen LogP contribution in [0.4, 0.5) is 0 Å². The molecule has 27 heavy (non-hydrogen) atoms. The lowest BCUT2D eigenvalue weighted by molar-refractivity contribution is -0.131. The van der Waals surface area contributed by atoms with E-state index in [0.717, 1.165) is 16.0 Å². The summed E-state index contributed by atoms with van der Waals surface area (Å²) in [6, 6.07) is 16.5. The molecule has 136 valence electrons. The van der Waals surface area contributed by atoms with Gasteiger partial charge in [0.1, 0.15) is 6.54 Å². The molecule has 0 aromatic heterocycles. The van der Waals surface area contributed by atoms with E-state index in [1.54, 1.807) is 18.2 Å². The van der Waals surface area contributed by atoms with E-state index in [0.29, 0.717) is 17.7 Å². The number of hydrogen-bond donors (Lipinski definition) is 0. The van der Waals surface area contributed by atoms with E-state index in [9.17, 15) is 14.4 Å². The first-order chi connectivity index (χ1) is 13.0. The van der Waals surface area contributed by atoms with Crippen LogP contribution in [0.3, 0.4) is 0 Å². The lowest BCUT2D eigenvalue weighted by Crippen LogP contribution is -2.36. The topological polar surface area (TPSA) is 81.5 Å². The van der Waals surface area contributed by atoms with E-state index in [1.165, 1.54) is 4.90 Å². The fraction of sp³-hybridized carbons (Fsp3) is 0.238. The summed E-state index contributed by atoms with van der Waals surface area (Å²) in [6.45, 7) is 2.12. The van der Waals surface area contributed by atoms with E-state index < -0.39 is 0 Å². The zero-order valence-corrected chi connectivity index (χ0v) is 15.0. The van der Waals surface area contributed by atoms with Gasteiger partial charge in [-0.15, -0.1) is 0 Å². The molecule has 0 unspecified atom stereocenters. The molecule has 0 saturated carbocycles. The monoisotopic (exact) mass is 361 g/mol. The first-order valence-corrected chi connectivity index (χ1v) is 8.66. The van der Waals surface area contributed by atoms with Crippen molar-refractivity contribution in [3.8, 4) is 6.07 Å². The summed E-state index contributed by atoms with van der Waals surface area (Å²) in [5, 5.41) is 9.01. The van der Waals surface area contributed by atoms with Crippen LogP contribution in [0.25, 0.3) is 0 Å². The Morgan fingerprint density at radius 1 is 1.07 bits per heavy atom. The van der Waals surface area contributed by atoms with Crippen LogP contribution < -0.4 is 0 Å². The van der Waals surface area contributed by atoms with Crippen molar-refractivity contribution in [3.05, 3.63) is 70.8 Å². The van der Waals surface area contributed by atoms with Crippen molar-refractivity contribution in [2.75, 3.05) is 13.1 Å². The molecule has 0 atom stereocenters. The van der Waals surface area contributed by atoms with Gasteiger partial charge in [-0.25, -0.2) is 0 Å². The lowest BCUT2D eigenvalue weighted by Gasteiger charge is -2.21. The first-order valence-electron chi connectivity index (χ1n) is 8.66. The zero-order chi connectivity index (χ0) is 19.4. The molecule has 3 amide bonds. The second kappa shape index (κ2) is 7.83. The van der Waals surface area contributed by atoms with Crippen molar-refractivity contribution >= 4 is 17.7 Å². The van der Waals surface area contributed by atoms with Crippen LogP contribution >= 0.6 is 0 Å². The Morgan fingerprint density at radius 2 is 1.78 bits per heavy atom. The lowest BCUT2D eigenvalue weighted by atomic mass is 10.1. The summed E-state index contributed by atoms with van der Waals surface area (Å²) in [5.74, 6) is -1.02. The molecule has 0 fully saturated rings. The maximum absolute atomic E-state index is 12.6. The average Bonchev–Trinajstić information content (AvgIpc) is 2.90. The molecule has 0 spiro atoms. The van der Waals surface area contributed by atoms with Crippen LogP contribution in [0, 0.1) is 18.3 Å². The highest BCUT2D eigenvalue weighted by Gasteiger charge is 2.35. The minimum Gasteiger partial charge on any atom is -0.325 e. The highest BCUT2D eigenvalue weighted by atomic mass is 16.2. The van der Waals surface area contributed by atoms with Crippen molar-refractivity contribution in [2.45, 2.75) is 19.9 Å². The number of amides is 3. The quantitative estimate of drug-likeness (QED) is 0.585. The van der Waals surface area contributed by atoms with Crippen molar-refractivity contribution < 1.29 is 14.4 Å². The Morgan fingerprint density at radius 3 is 2.48 bits per heavy atom. The Balaban J connectivity index is 1.66. The van der Waals surface area contributed by atoms with E-state index in [4.69, 9.17) is 5.26 Å². The number of fused-ring (bicyclic) bond motifs is 1. The van der Waals surface area contributed by atoms with Gasteiger partial charge in [-0.05, 0) is 24.6 Å². The van der Waals surface area contributed by atoms with E-state index in [-0.39, 0.29) is 37.2 Å². The molecule has 6 nitrogen and oxygen atoms in total. The number of nitrogens with zero attached hydrogens (tertiary/aromatic N) is 3. The molecule has 0 saturated heterocycles.